The van der Waals surface area contributed by atoms with Crippen LogP contribution in [0.25, 0.3) is 0 Å². The molecule has 3 heteroatoms. The van der Waals surface area contributed by atoms with E-state index in [1.165, 1.54) is 11.1 Å². The molecule has 0 bridgehead atoms. The Bertz CT molecular complexity index is 417. The fourth-order valence-electron chi connectivity index (χ4n) is 2.61. The number of hydrogen-bond donors (Lipinski definition) is 1. The van der Waals surface area contributed by atoms with Crippen LogP contribution in [0.3, 0.4) is 0 Å². The number of aryl methyl sites for hydroxylation is 2. The van der Waals surface area contributed by atoms with E-state index >= 15 is 0 Å². The maximum atomic E-state index is 9.58. The van der Waals surface area contributed by atoms with E-state index in [0.29, 0.717) is 5.92 Å². The number of rotatable bonds is 5. The van der Waals surface area contributed by atoms with Crippen LogP contribution in [0, 0.1) is 19.8 Å². The van der Waals surface area contributed by atoms with Gasteiger partial charge in [-0.1, -0.05) is 12.1 Å². The van der Waals surface area contributed by atoms with E-state index in [2.05, 4.69) is 36.9 Å². The summed E-state index contributed by atoms with van der Waals surface area (Å²) in [5.41, 5.74) is 2.42. The van der Waals surface area contributed by atoms with E-state index in [1.54, 1.807) is 0 Å². The van der Waals surface area contributed by atoms with Gasteiger partial charge in [-0.25, -0.2) is 0 Å². The molecule has 2 rings (SSSR count). The molecule has 106 valence electrons. The topological polar surface area (TPSA) is 32.7 Å². The minimum absolute atomic E-state index is 0.190. The van der Waals surface area contributed by atoms with Crippen LogP contribution in [0.4, 0.5) is 0 Å². The lowest BCUT2D eigenvalue weighted by atomic mass is 10.0. The Morgan fingerprint density at radius 2 is 2.21 bits per heavy atom. The molecule has 1 aliphatic rings. The van der Waals surface area contributed by atoms with Crippen LogP contribution in [0.15, 0.2) is 18.2 Å². The molecule has 0 aliphatic carbocycles. The molecule has 0 saturated carbocycles. The maximum absolute atomic E-state index is 9.58. The first-order valence-corrected chi connectivity index (χ1v) is 7.16. The molecule has 0 aromatic heterocycles. The van der Waals surface area contributed by atoms with Crippen molar-refractivity contribution < 1.29 is 9.84 Å². The molecular formula is C16H25NO2. The van der Waals surface area contributed by atoms with Crippen LogP contribution in [0.2, 0.25) is 0 Å². The minimum Gasteiger partial charge on any atom is -0.492 e. The van der Waals surface area contributed by atoms with E-state index in [-0.39, 0.29) is 6.10 Å². The first-order chi connectivity index (χ1) is 9.06. The Kier molecular flexibility index (Phi) is 4.83. The van der Waals surface area contributed by atoms with Crippen molar-refractivity contribution in [3.8, 4) is 5.75 Å². The third-order valence-corrected chi connectivity index (χ3v) is 4.00. The van der Waals surface area contributed by atoms with Gasteiger partial charge >= 0.3 is 0 Å². The number of nitrogens with zero attached hydrogens (tertiary/aromatic N) is 1. The summed E-state index contributed by atoms with van der Waals surface area (Å²) < 4.78 is 5.87. The molecule has 1 aromatic carbocycles. The Balaban J connectivity index is 1.77. The summed E-state index contributed by atoms with van der Waals surface area (Å²) in [6.45, 7) is 9.78. The van der Waals surface area contributed by atoms with Crippen molar-refractivity contribution in [1.82, 2.24) is 4.90 Å². The quantitative estimate of drug-likeness (QED) is 0.885. The van der Waals surface area contributed by atoms with E-state index in [0.717, 1.165) is 38.4 Å². The first kappa shape index (κ1) is 14.4. The van der Waals surface area contributed by atoms with Gasteiger partial charge in [0.2, 0.25) is 0 Å². The van der Waals surface area contributed by atoms with Crippen LogP contribution in [0.1, 0.15) is 24.5 Å². The summed E-state index contributed by atoms with van der Waals surface area (Å²) in [5, 5.41) is 9.58. The summed E-state index contributed by atoms with van der Waals surface area (Å²) >= 11 is 0. The zero-order valence-electron chi connectivity index (χ0n) is 12.2. The van der Waals surface area contributed by atoms with Crippen molar-refractivity contribution >= 4 is 0 Å². The highest BCUT2D eigenvalue weighted by Gasteiger charge is 2.25. The van der Waals surface area contributed by atoms with Gasteiger partial charge in [0.15, 0.2) is 0 Å². The zero-order valence-corrected chi connectivity index (χ0v) is 12.2. The molecule has 1 fully saturated rings. The highest BCUT2D eigenvalue weighted by Crippen LogP contribution is 2.21. The van der Waals surface area contributed by atoms with Crippen molar-refractivity contribution in [2.45, 2.75) is 33.3 Å². The summed E-state index contributed by atoms with van der Waals surface area (Å²) in [7, 11) is 0. The molecule has 0 spiro atoms. The smallest absolute Gasteiger partial charge is 0.122 e. The molecular weight excluding hydrogens is 238 g/mol. The van der Waals surface area contributed by atoms with Crippen molar-refractivity contribution in [3.63, 3.8) is 0 Å². The normalized spacial score (nSPS) is 21.6. The van der Waals surface area contributed by atoms with Crippen LogP contribution < -0.4 is 4.74 Å². The molecule has 1 N–H and O–H groups in total. The van der Waals surface area contributed by atoms with Crippen LogP contribution in [0.5, 0.6) is 5.75 Å². The van der Waals surface area contributed by atoms with E-state index < -0.39 is 0 Å². The van der Waals surface area contributed by atoms with Crippen molar-refractivity contribution in [3.05, 3.63) is 29.3 Å². The van der Waals surface area contributed by atoms with Crippen molar-refractivity contribution in [2.75, 3.05) is 26.2 Å². The van der Waals surface area contributed by atoms with Gasteiger partial charge < -0.3 is 9.84 Å². The lowest BCUT2D eigenvalue weighted by Gasteiger charge is -2.18. The molecule has 3 nitrogen and oxygen atoms in total. The van der Waals surface area contributed by atoms with Gasteiger partial charge in [0.05, 0.1) is 6.10 Å². The standard InChI is InChI=1S/C16H25NO2/c1-12-4-5-13(2)16(10-12)19-9-8-17-7-6-15(11-17)14(3)18/h4-5,10,14-15,18H,6-9,11H2,1-3H3. The summed E-state index contributed by atoms with van der Waals surface area (Å²) in [5.74, 6) is 1.42. The second-order valence-electron chi connectivity index (χ2n) is 5.71. The van der Waals surface area contributed by atoms with Gasteiger partial charge in [-0.3, -0.25) is 4.90 Å². The number of benzene rings is 1. The van der Waals surface area contributed by atoms with Gasteiger partial charge in [-0.2, -0.15) is 0 Å². The lowest BCUT2D eigenvalue weighted by molar-refractivity contribution is 0.125. The summed E-state index contributed by atoms with van der Waals surface area (Å²) in [6, 6.07) is 6.30. The molecule has 1 aromatic rings. The maximum Gasteiger partial charge on any atom is 0.122 e. The number of hydrogen-bond acceptors (Lipinski definition) is 3. The van der Waals surface area contributed by atoms with Gasteiger partial charge in [0, 0.05) is 13.1 Å². The molecule has 2 unspecified atom stereocenters. The van der Waals surface area contributed by atoms with Crippen LogP contribution >= 0.6 is 0 Å². The predicted molar refractivity (Wildman–Crippen MR) is 77.6 cm³/mol. The van der Waals surface area contributed by atoms with E-state index in [1.807, 2.05) is 6.92 Å². The SMILES string of the molecule is Cc1ccc(C)c(OCCN2CCC(C(C)O)C2)c1. The second kappa shape index (κ2) is 6.40. The van der Waals surface area contributed by atoms with Gasteiger partial charge in [-0.15, -0.1) is 0 Å². The number of aliphatic hydroxyl groups excluding tert-OH is 1. The minimum atomic E-state index is -0.190. The highest BCUT2D eigenvalue weighted by atomic mass is 16.5. The molecule has 19 heavy (non-hydrogen) atoms. The Hall–Kier alpha value is -1.06. The molecule has 1 aliphatic heterocycles. The third-order valence-electron chi connectivity index (χ3n) is 4.00. The second-order valence-corrected chi connectivity index (χ2v) is 5.71. The molecule has 0 radical (unpaired) electrons. The van der Waals surface area contributed by atoms with E-state index in [4.69, 9.17) is 4.74 Å². The third kappa shape index (κ3) is 3.95. The Morgan fingerprint density at radius 1 is 1.42 bits per heavy atom. The zero-order chi connectivity index (χ0) is 13.8. The summed E-state index contributed by atoms with van der Waals surface area (Å²) in [6.07, 6.45) is 0.908. The number of likely N-dealkylation sites (tertiary alicyclic amines) is 1. The lowest BCUT2D eigenvalue weighted by Crippen LogP contribution is -2.28. The van der Waals surface area contributed by atoms with Gasteiger partial charge in [-0.05, 0) is 56.8 Å². The van der Waals surface area contributed by atoms with E-state index in [9.17, 15) is 5.11 Å². The molecule has 1 saturated heterocycles. The van der Waals surface area contributed by atoms with Gasteiger partial charge in [0.1, 0.15) is 12.4 Å². The van der Waals surface area contributed by atoms with Crippen molar-refractivity contribution in [1.29, 1.82) is 0 Å². The van der Waals surface area contributed by atoms with Crippen LogP contribution in [-0.4, -0.2) is 42.4 Å². The Morgan fingerprint density at radius 3 is 2.89 bits per heavy atom. The predicted octanol–water partition coefficient (Wildman–Crippen LogP) is 2.38. The monoisotopic (exact) mass is 263 g/mol. The fourth-order valence-corrected chi connectivity index (χ4v) is 2.61. The average molecular weight is 263 g/mol. The molecule has 1 heterocycles. The molecule has 2 atom stereocenters. The molecule has 0 amide bonds. The van der Waals surface area contributed by atoms with Crippen molar-refractivity contribution in [2.24, 2.45) is 5.92 Å². The fraction of sp³-hybridized carbons (Fsp3) is 0.625. The van der Waals surface area contributed by atoms with Crippen LogP contribution in [-0.2, 0) is 0 Å². The number of aliphatic hydroxyl groups is 1. The average Bonchev–Trinajstić information content (AvgIpc) is 2.82. The first-order valence-electron chi connectivity index (χ1n) is 7.16. The van der Waals surface area contributed by atoms with Gasteiger partial charge in [0.25, 0.3) is 0 Å². The Labute approximate surface area is 116 Å². The summed E-state index contributed by atoms with van der Waals surface area (Å²) in [4.78, 5) is 2.38. The number of ether oxygens (including phenoxy) is 1. The largest absolute Gasteiger partial charge is 0.492 e. The highest BCUT2D eigenvalue weighted by molar-refractivity contribution is 5.35.